The van der Waals surface area contributed by atoms with Crippen LogP contribution in [0, 0.1) is 12.8 Å². The lowest BCUT2D eigenvalue weighted by molar-refractivity contribution is 0.0728. The Kier molecular flexibility index (Phi) is 11.4. The monoisotopic (exact) mass is 681 g/mol. The zero-order chi connectivity index (χ0) is 32.8. The number of halogens is 1. The third kappa shape index (κ3) is 8.29. The van der Waals surface area contributed by atoms with Gasteiger partial charge in [0.05, 0.1) is 30.4 Å². The van der Waals surface area contributed by atoms with Crippen LogP contribution in [0.2, 0.25) is 5.02 Å². The Morgan fingerprint density at radius 2 is 1.77 bits per heavy atom. The molecular weight excluding hydrogens is 634 g/mol. The Balaban J connectivity index is 1.07. The molecule has 3 fully saturated rings. The molecule has 11 nitrogen and oxygen atoms in total. The molecule has 1 aromatic heterocycles. The van der Waals surface area contributed by atoms with Crippen LogP contribution < -0.4 is 29.9 Å². The highest BCUT2D eigenvalue weighted by Gasteiger charge is 2.29. The van der Waals surface area contributed by atoms with Crippen molar-refractivity contribution < 1.29 is 8.95 Å². The number of anilines is 6. The van der Waals surface area contributed by atoms with Crippen molar-refractivity contribution in [3.05, 3.63) is 53.2 Å². The van der Waals surface area contributed by atoms with Crippen molar-refractivity contribution in [1.29, 1.82) is 0 Å². The normalized spacial score (nSPS) is 18.7. The number of benzene rings is 2. The van der Waals surface area contributed by atoms with Gasteiger partial charge < -0.3 is 30.5 Å². The van der Waals surface area contributed by atoms with Gasteiger partial charge in [0.1, 0.15) is 22.6 Å². The zero-order valence-electron chi connectivity index (χ0n) is 27.7. The molecule has 0 radical (unpaired) electrons. The van der Waals surface area contributed by atoms with Gasteiger partial charge in [-0.25, -0.2) is 9.19 Å². The number of thiol groups is 1. The van der Waals surface area contributed by atoms with Crippen molar-refractivity contribution in [1.82, 2.24) is 25.1 Å². The first-order chi connectivity index (χ1) is 22.9. The second kappa shape index (κ2) is 15.8. The maximum atomic E-state index is 11.5. The molecule has 3 saturated heterocycles. The summed E-state index contributed by atoms with van der Waals surface area (Å²) in [4.78, 5) is 17.0. The fourth-order valence-corrected chi connectivity index (χ4v) is 7.57. The third-order valence-corrected chi connectivity index (χ3v) is 10.6. The van der Waals surface area contributed by atoms with Gasteiger partial charge in [-0.1, -0.05) is 23.7 Å². The van der Waals surface area contributed by atoms with Crippen LogP contribution >= 0.6 is 11.6 Å². The van der Waals surface area contributed by atoms with E-state index in [-0.39, 0.29) is 11.9 Å². The molecule has 2 aromatic carbocycles. The molecule has 4 heterocycles. The van der Waals surface area contributed by atoms with Gasteiger partial charge in [0.15, 0.2) is 5.82 Å². The number of piperazine rings is 1. The van der Waals surface area contributed by atoms with E-state index >= 15 is 0 Å². The summed E-state index contributed by atoms with van der Waals surface area (Å²) < 4.78 is 18.9. The van der Waals surface area contributed by atoms with Gasteiger partial charge in [-0.2, -0.15) is 4.98 Å². The van der Waals surface area contributed by atoms with E-state index in [0.29, 0.717) is 22.8 Å². The van der Waals surface area contributed by atoms with Gasteiger partial charge in [-0.15, -0.1) is 0 Å². The first kappa shape index (κ1) is 33.7. The second-order valence-corrected chi connectivity index (χ2v) is 14.0. The highest BCUT2D eigenvalue weighted by atomic mass is 35.5. The van der Waals surface area contributed by atoms with E-state index in [2.05, 4.69) is 59.7 Å². The molecule has 3 aliphatic rings. The maximum absolute atomic E-state index is 11.5. The standard InChI is InChI=1S/C34H48ClN9O2S/c1-24-20-29(39-34-37-22-27(35)33(40-34)38-28-6-4-5-7-30(28)41(2)47-45)32(46-3)21-31(24)44-14-10-26(11-15-44)43-18-16-42(17-19-43)23-25-8-12-36-13-9-25/h4-7,20-22,25-26,36,47H,8-19,23H2,1-3H3,(H2,37,38,39,40). The van der Waals surface area contributed by atoms with E-state index in [1.807, 2.05) is 24.3 Å². The predicted octanol–water partition coefficient (Wildman–Crippen LogP) is 4.82. The van der Waals surface area contributed by atoms with Crippen LogP contribution in [0.25, 0.3) is 0 Å². The van der Waals surface area contributed by atoms with Crippen LogP contribution in [0.5, 0.6) is 5.75 Å². The molecule has 13 heteroatoms. The number of para-hydroxylation sites is 2. The predicted molar refractivity (Wildman–Crippen MR) is 195 cm³/mol. The molecule has 3 N–H and O–H groups in total. The molecule has 0 spiro atoms. The molecule has 47 heavy (non-hydrogen) atoms. The maximum Gasteiger partial charge on any atom is 0.229 e. The van der Waals surface area contributed by atoms with Gasteiger partial charge >= 0.3 is 0 Å². The van der Waals surface area contributed by atoms with Crippen molar-refractivity contribution in [2.75, 3.05) is 92.9 Å². The number of aryl methyl sites for hydroxylation is 1. The quantitative estimate of drug-likeness (QED) is 0.211. The topological polar surface area (TPSA) is 101 Å². The molecule has 6 rings (SSSR count). The van der Waals surface area contributed by atoms with Crippen molar-refractivity contribution in [3.63, 3.8) is 0 Å². The third-order valence-electron chi connectivity index (χ3n) is 9.84. The number of ether oxygens (including phenoxy) is 1. The number of aromatic nitrogens is 2. The number of piperidine rings is 2. The number of methoxy groups -OCH3 is 1. The summed E-state index contributed by atoms with van der Waals surface area (Å²) in [5.41, 5.74) is 4.62. The van der Waals surface area contributed by atoms with E-state index in [9.17, 15) is 4.21 Å². The molecule has 0 unspecified atom stereocenters. The Bertz CT molecular complexity index is 1510. The summed E-state index contributed by atoms with van der Waals surface area (Å²) in [5, 5.41) is 10.5. The van der Waals surface area contributed by atoms with E-state index < -0.39 is 0 Å². The smallest absolute Gasteiger partial charge is 0.229 e. The van der Waals surface area contributed by atoms with Crippen molar-refractivity contribution in [2.45, 2.75) is 38.6 Å². The number of nitrogens with one attached hydrogen (secondary N) is 3. The van der Waals surface area contributed by atoms with Gasteiger partial charge in [0.2, 0.25) is 5.95 Å². The van der Waals surface area contributed by atoms with Gasteiger partial charge in [0.25, 0.3) is 0 Å². The molecule has 3 aliphatic heterocycles. The summed E-state index contributed by atoms with van der Waals surface area (Å²) >= 11 is 6.36. The van der Waals surface area contributed by atoms with Gasteiger partial charge in [-0.05, 0) is 75.4 Å². The Morgan fingerprint density at radius 1 is 1.02 bits per heavy atom. The highest BCUT2D eigenvalue weighted by molar-refractivity contribution is 7.67. The minimum Gasteiger partial charge on any atom is -0.494 e. The largest absolute Gasteiger partial charge is 0.494 e. The van der Waals surface area contributed by atoms with Crippen LogP contribution in [0.15, 0.2) is 42.6 Å². The summed E-state index contributed by atoms with van der Waals surface area (Å²) in [7, 11) is 3.43. The molecule has 3 aromatic rings. The van der Waals surface area contributed by atoms with Crippen molar-refractivity contribution in [2.24, 2.45) is 5.92 Å². The van der Waals surface area contributed by atoms with E-state index in [1.54, 1.807) is 24.7 Å². The van der Waals surface area contributed by atoms with Crippen LogP contribution in [0.3, 0.4) is 0 Å². The highest BCUT2D eigenvalue weighted by Crippen LogP contribution is 2.37. The van der Waals surface area contributed by atoms with Crippen LogP contribution in [-0.2, 0) is 11.9 Å². The van der Waals surface area contributed by atoms with Crippen LogP contribution in [-0.4, -0.2) is 103 Å². The number of rotatable bonds is 11. The fourth-order valence-electron chi connectivity index (χ4n) is 7.17. The van der Waals surface area contributed by atoms with Crippen LogP contribution in [0.4, 0.5) is 34.5 Å². The Hall–Kier alpha value is -3.16. The van der Waals surface area contributed by atoms with Crippen molar-refractivity contribution >= 4 is 58.0 Å². The molecule has 0 atom stereocenters. The molecule has 0 amide bonds. The molecule has 254 valence electrons. The number of hydrogen-bond donors (Lipinski definition) is 4. The summed E-state index contributed by atoms with van der Waals surface area (Å²) in [6.45, 7) is 12.6. The molecule has 0 saturated carbocycles. The van der Waals surface area contributed by atoms with Crippen molar-refractivity contribution in [3.8, 4) is 5.75 Å². The summed E-state index contributed by atoms with van der Waals surface area (Å²) in [5.74, 6) is 2.41. The zero-order valence-corrected chi connectivity index (χ0v) is 29.4. The van der Waals surface area contributed by atoms with Crippen LogP contribution in [0.1, 0.15) is 31.2 Å². The minimum atomic E-state index is -0.118. The molecule has 0 aliphatic carbocycles. The second-order valence-electron chi connectivity index (χ2n) is 12.8. The van der Waals surface area contributed by atoms with Gasteiger partial charge in [0, 0.05) is 70.7 Å². The lowest BCUT2D eigenvalue weighted by Gasteiger charge is -2.44. The number of nitrogens with zero attached hydrogens (tertiary/aromatic N) is 6. The fraction of sp³-hybridized carbons (Fsp3) is 0.529. The first-order valence-corrected chi connectivity index (χ1v) is 17.9. The van der Waals surface area contributed by atoms with E-state index in [4.69, 9.17) is 16.3 Å². The lowest BCUT2D eigenvalue weighted by Crippen LogP contribution is -2.54. The average molecular weight is 682 g/mol. The Labute approximate surface area is 287 Å². The lowest BCUT2D eigenvalue weighted by atomic mass is 9.97. The van der Waals surface area contributed by atoms with Gasteiger partial charge in [-0.3, -0.25) is 9.21 Å². The van der Waals surface area contributed by atoms with E-state index in [1.165, 1.54) is 82.7 Å². The average Bonchev–Trinajstić information content (AvgIpc) is 3.11. The Morgan fingerprint density at radius 3 is 2.49 bits per heavy atom. The number of hydrogen-bond acceptors (Lipinski definition) is 10. The molecular formula is C34H48ClN9O2S. The summed E-state index contributed by atoms with van der Waals surface area (Å²) in [6.07, 6.45) is 6.57. The first-order valence-electron chi connectivity index (χ1n) is 16.7. The SMILES string of the molecule is COc1cc(N2CCC(N3CCN(CC4CCNCC4)CC3)CC2)c(C)cc1Nc1ncc(Cl)c(Nc2ccccc2N(C)[SH]=O)n1. The summed E-state index contributed by atoms with van der Waals surface area (Å²) in [6, 6.07) is 12.4. The molecule has 0 bridgehead atoms. The minimum absolute atomic E-state index is 0.118. The van der Waals surface area contributed by atoms with E-state index in [0.717, 1.165) is 41.8 Å².